The fraction of sp³-hybridized carbons (Fsp3) is 0.304. The summed E-state index contributed by atoms with van der Waals surface area (Å²) in [6, 6.07) is 15.3. The van der Waals surface area contributed by atoms with Crippen LogP contribution < -0.4 is 20.3 Å². The number of nitrogens with zero attached hydrogens (tertiary/aromatic N) is 3. The number of aliphatic imine (C=N–C) groups is 1. The second-order valence-corrected chi connectivity index (χ2v) is 6.85. The second kappa shape index (κ2) is 10.2. The first-order valence-electron chi connectivity index (χ1n) is 9.84. The number of guanidine groups is 1. The van der Waals surface area contributed by atoms with Crippen LogP contribution >= 0.6 is 0 Å². The fourth-order valence-electron chi connectivity index (χ4n) is 3.35. The summed E-state index contributed by atoms with van der Waals surface area (Å²) in [4.78, 5) is 21.1. The van der Waals surface area contributed by atoms with Crippen LogP contribution in [0, 0.1) is 12.3 Å². The first-order chi connectivity index (χ1) is 14.6. The molecule has 0 aromatic heterocycles. The lowest BCUT2D eigenvalue weighted by Crippen LogP contribution is -2.53. The Bertz CT molecular complexity index is 925. The van der Waals surface area contributed by atoms with Crippen molar-refractivity contribution >= 4 is 23.2 Å². The molecule has 0 atom stereocenters. The molecule has 1 fully saturated rings. The molecule has 0 unspecified atom stereocenters. The molecule has 1 aliphatic rings. The number of methoxy groups -OCH3 is 1. The minimum absolute atomic E-state index is 0.131. The Hall–Kier alpha value is -3.66. The molecule has 1 aliphatic heterocycles. The van der Waals surface area contributed by atoms with Crippen LogP contribution in [0.2, 0.25) is 0 Å². The zero-order valence-electron chi connectivity index (χ0n) is 17.4. The van der Waals surface area contributed by atoms with E-state index in [9.17, 15) is 4.79 Å². The summed E-state index contributed by atoms with van der Waals surface area (Å²) in [5.74, 6) is 3.98. The van der Waals surface area contributed by atoms with Gasteiger partial charge < -0.3 is 25.2 Å². The summed E-state index contributed by atoms with van der Waals surface area (Å²) in [6.45, 7) is 3.51. The van der Waals surface area contributed by atoms with Gasteiger partial charge in [-0.15, -0.1) is 6.42 Å². The van der Waals surface area contributed by atoms with E-state index >= 15 is 0 Å². The van der Waals surface area contributed by atoms with Crippen LogP contribution in [0.25, 0.3) is 0 Å². The van der Waals surface area contributed by atoms with Gasteiger partial charge in [0.25, 0.3) is 0 Å². The van der Waals surface area contributed by atoms with Gasteiger partial charge in [0, 0.05) is 50.2 Å². The molecule has 0 radical (unpaired) electrons. The second-order valence-electron chi connectivity index (χ2n) is 6.85. The Kier molecular flexibility index (Phi) is 7.17. The topological polar surface area (TPSA) is 69.2 Å². The SMILES string of the molecule is C#Cc1cccc(NC(=O)CNC(=NC)N2CCN(c3ccc(OC)cc3)CC2)c1. The predicted molar refractivity (Wildman–Crippen MR) is 121 cm³/mol. The molecule has 1 heterocycles. The number of rotatable bonds is 5. The number of piperazine rings is 1. The number of terminal acetylenes is 1. The molecule has 2 aromatic carbocycles. The average molecular weight is 406 g/mol. The summed E-state index contributed by atoms with van der Waals surface area (Å²) < 4.78 is 5.22. The van der Waals surface area contributed by atoms with Crippen LogP contribution in [-0.2, 0) is 4.79 Å². The molecule has 30 heavy (non-hydrogen) atoms. The van der Waals surface area contributed by atoms with Crippen molar-refractivity contribution in [1.82, 2.24) is 10.2 Å². The van der Waals surface area contributed by atoms with Gasteiger partial charge in [-0.25, -0.2) is 0 Å². The normalized spacial score (nSPS) is 14.1. The van der Waals surface area contributed by atoms with E-state index in [1.807, 2.05) is 30.3 Å². The summed E-state index contributed by atoms with van der Waals surface area (Å²) >= 11 is 0. The first kappa shape index (κ1) is 21.1. The summed E-state index contributed by atoms with van der Waals surface area (Å²) in [5.41, 5.74) is 2.58. The van der Waals surface area contributed by atoms with Crippen molar-refractivity contribution in [3.63, 3.8) is 0 Å². The fourth-order valence-corrected chi connectivity index (χ4v) is 3.35. The zero-order chi connectivity index (χ0) is 21.3. The molecule has 0 bridgehead atoms. The van der Waals surface area contributed by atoms with Crippen molar-refractivity contribution in [3.8, 4) is 18.1 Å². The van der Waals surface area contributed by atoms with E-state index in [4.69, 9.17) is 11.2 Å². The van der Waals surface area contributed by atoms with Gasteiger partial charge in [0.05, 0.1) is 13.7 Å². The van der Waals surface area contributed by atoms with Crippen LogP contribution in [0.1, 0.15) is 5.56 Å². The maximum absolute atomic E-state index is 12.3. The number of benzene rings is 2. The summed E-state index contributed by atoms with van der Waals surface area (Å²) in [5, 5.41) is 5.99. The monoisotopic (exact) mass is 405 g/mol. The van der Waals surface area contributed by atoms with Crippen molar-refractivity contribution in [1.29, 1.82) is 0 Å². The molecule has 1 saturated heterocycles. The van der Waals surface area contributed by atoms with E-state index in [-0.39, 0.29) is 12.5 Å². The maximum Gasteiger partial charge on any atom is 0.243 e. The van der Waals surface area contributed by atoms with Crippen molar-refractivity contribution in [2.75, 3.05) is 57.1 Å². The lowest BCUT2D eigenvalue weighted by Gasteiger charge is -2.37. The third kappa shape index (κ3) is 5.45. The highest BCUT2D eigenvalue weighted by atomic mass is 16.5. The van der Waals surface area contributed by atoms with Gasteiger partial charge in [0.1, 0.15) is 5.75 Å². The average Bonchev–Trinajstić information content (AvgIpc) is 2.80. The van der Waals surface area contributed by atoms with Crippen LogP contribution in [0.15, 0.2) is 53.5 Å². The quantitative estimate of drug-likeness (QED) is 0.453. The number of hydrogen-bond acceptors (Lipinski definition) is 4. The molecule has 7 heteroatoms. The molecule has 0 aliphatic carbocycles. The van der Waals surface area contributed by atoms with Gasteiger partial charge in [-0.3, -0.25) is 9.79 Å². The van der Waals surface area contributed by atoms with Crippen LogP contribution in [0.4, 0.5) is 11.4 Å². The molecule has 0 saturated carbocycles. The molecular formula is C23H27N5O2. The predicted octanol–water partition coefficient (Wildman–Crippen LogP) is 2.01. The van der Waals surface area contributed by atoms with Gasteiger partial charge in [0.15, 0.2) is 5.96 Å². The minimum atomic E-state index is -0.151. The van der Waals surface area contributed by atoms with Gasteiger partial charge in [-0.05, 0) is 42.5 Å². The van der Waals surface area contributed by atoms with Crippen molar-refractivity contribution < 1.29 is 9.53 Å². The largest absolute Gasteiger partial charge is 0.497 e. The van der Waals surface area contributed by atoms with E-state index in [2.05, 4.69) is 43.5 Å². The van der Waals surface area contributed by atoms with E-state index in [0.717, 1.165) is 43.5 Å². The number of nitrogens with one attached hydrogen (secondary N) is 2. The molecule has 3 rings (SSSR count). The zero-order valence-corrected chi connectivity index (χ0v) is 17.4. The third-order valence-corrected chi connectivity index (χ3v) is 4.95. The van der Waals surface area contributed by atoms with Crippen molar-refractivity contribution in [2.45, 2.75) is 0 Å². The number of carbonyl (C=O) groups excluding carboxylic acids is 1. The molecule has 0 spiro atoms. The van der Waals surface area contributed by atoms with E-state index < -0.39 is 0 Å². The van der Waals surface area contributed by atoms with Gasteiger partial charge in [0.2, 0.25) is 5.91 Å². The Morgan fingerprint density at radius 2 is 1.90 bits per heavy atom. The smallest absolute Gasteiger partial charge is 0.243 e. The van der Waals surface area contributed by atoms with Crippen molar-refractivity contribution in [3.05, 3.63) is 54.1 Å². The Morgan fingerprint density at radius 3 is 2.53 bits per heavy atom. The van der Waals surface area contributed by atoms with Crippen LogP contribution in [-0.4, -0.2) is 63.6 Å². The highest BCUT2D eigenvalue weighted by Gasteiger charge is 2.20. The van der Waals surface area contributed by atoms with Gasteiger partial charge >= 0.3 is 0 Å². The molecule has 2 N–H and O–H groups in total. The number of carbonyl (C=O) groups is 1. The Balaban J connectivity index is 1.48. The van der Waals surface area contributed by atoms with E-state index in [1.165, 1.54) is 5.69 Å². The van der Waals surface area contributed by atoms with E-state index in [1.54, 1.807) is 20.2 Å². The van der Waals surface area contributed by atoms with Crippen LogP contribution in [0.5, 0.6) is 5.75 Å². The molecule has 1 amide bonds. The molecular weight excluding hydrogens is 378 g/mol. The van der Waals surface area contributed by atoms with Gasteiger partial charge in [-0.2, -0.15) is 0 Å². The van der Waals surface area contributed by atoms with E-state index in [0.29, 0.717) is 5.69 Å². The number of ether oxygens (including phenoxy) is 1. The van der Waals surface area contributed by atoms with Crippen molar-refractivity contribution in [2.24, 2.45) is 4.99 Å². The third-order valence-electron chi connectivity index (χ3n) is 4.95. The highest BCUT2D eigenvalue weighted by Crippen LogP contribution is 2.20. The van der Waals surface area contributed by atoms with Gasteiger partial charge in [-0.1, -0.05) is 12.0 Å². The number of hydrogen-bond donors (Lipinski definition) is 2. The summed E-state index contributed by atoms with van der Waals surface area (Å²) in [7, 11) is 3.40. The maximum atomic E-state index is 12.3. The Labute approximate surface area is 177 Å². The minimum Gasteiger partial charge on any atom is -0.497 e. The lowest BCUT2D eigenvalue weighted by molar-refractivity contribution is -0.115. The molecule has 2 aromatic rings. The Morgan fingerprint density at radius 1 is 1.17 bits per heavy atom. The number of amides is 1. The molecule has 7 nitrogen and oxygen atoms in total. The lowest BCUT2D eigenvalue weighted by atomic mass is 10.2. The number of anilines is 2. The first-order valence-corrected chi connectivity index (χ1v) is 9.84. The highest BCUT2D eigenvalue weighted by molar-refractivity contribution is 5.95. The molecule has 156 valence electrons. The summed E-state index contributed by atoms with van der Waals surface area (Å²) in [6.07, 6.45) is 5.40. The van der Waals surface area contributed by atoms with Crippen LogP contribution in [0.3, 0.4) is 0 Å². The standard InChI is InChI=1S/C23H27N5O2/c1-4-18-6-5-7-19(16-18)26-22(29)17-25-23(24-2)28-14-12-27(13-15-28)20-8-10-21(30-3)11-9-20/h1,5-11,16H,12-15,17H2,2-3H3,(H,24,25)(H,26,29).